The van der Waals surface area contributed by atoms with Gasteiger partial charge in [-0.2, -0.15) is 0 Å². The van der Waals surface area contributed by atoms with Gasteiger partial charge in [-0.05, 0) is 43.8 Å². The third kappa shape index (κ3) is 2.96. The SMILES string of the molecule is CN(C)C[C@@H]1COCC[C@H]1C1(C)C=CC=C(O)C1. The van der Waals surface area contributed by atoms with Gasteiger partial charge in [0.25, 0.3) is 0 Å². The van der Waals surface area contributed by atoms with Crippen LogP contribution in [0, 0.1) is 17.3 Å². The monoisotopic (exact) mass is 251 g/mol. The van der Waals surface area contributed by atoms with Gasteiger partial charge in [-0.25, -0.2) is 0 Å². The van der Waals surface area contributed by atoms with Crippen molar-refractivity contribution in [2.45, 2.75) is 19.8 Å². The van der Waals surface area contributed by atoms with Crippen molar-refractivity contribution >= 4 is 0 Å². The molecule has 0 aromatic rings. The van der Waals surface area contributed by atoms with E-state index in [-0.39, 0.29) is 5.41 Å². The van der Waals surface area contributed by atoms with E-state index >= 15 is 0 Å². The van der Waals surface area contributed by atoms with Gasteiger partial charge in [0.15, 0.2) is 0 Å². The lowest BCUT2D eigenvalue weighted by atomic mass is 9.65. The molecule has 1 aliphatic heterocycles. The maximum absolute atomic E-state index is 9.81. The van der Waals surface area contributed by atoms with Crippen molar-refractivity contribution in [2.24, 2.45) is 17.3 Å². The zero-order chi connectivity index (χ0) is 13.2. The topological polar surface area (TPSA) is 32.7 Å². The number of rotatable bonds is 3. The van der Waals surface area contributed by atoms with Crippen molar-refractivity contribution in [1.82, 2.24) is 4.90 Å². The standard InChI is InChI=1S/C15H25NO2/c1-15(7-4-5-13(17)9-15)14-6-8-18-11-12(14)10-16(2)3/h4-5,7,12,14,17H,6,8-11H2,1-3H3/t12-,14-,15?/m1/s1. The van der Waals surface area contributed by atoms with Crippen LogP contribution in [0.3, 0.4) is 0 Å². The maximum atomic E-state index is 9.81. The molecule has 2 rings (SSSR count). The lowest BCUT2D eigenvalue weighted by Gasteiger charge is -2.44. The average molecular weight is 251 g/mol. The molecule has 18 heavy (non-hydrogen) atoms. The summed E-state index contributed by atoms with van der Waals surface area (Å²) in [4.78, 5) is 2.23. The average Bonchev–Trinajstić information content (AvgIpc) is 2.28. The van der Waals surface area contributed by atoms with E-state index in [9.17, 15) is 5.11 Å². The third-order valence-electron chi connectivity index (χ3n) is 4.25. The summed E-state index contributed by atoms with van der Waals surface area (Å²) in [5.41, 5.74) is 0.0727. The minimum atomic E-state index is 0.0727. The largest absolute Gasteiger partial charge is 0.512 e. The number of allylic oxidation sites excluding steroid dienone is 4. The Bertz CT molecular complexity index is 348. The van der Waals surface area contributed by atoms with E-state index in [4.69, 9.17) is 4.74 Å². The second-order valence-electron chi connectivity index (χ2n) is 6.19. The molecule has 3 nitrogen and oxygen atoms in total. The van der Waals surface area contributed by atoms with Crippen LogP contribution in [0.1, 0.15) is 19.8 Å². The molecule has 1 unspecified atom stereocenters. The highest BCUT2D eigenvalue weighted by molar-refractivity contribution is 5.20. The summed E-state index contributed by atoms with van der Waals surface area (Å²) in [6.07, 6.45) is 7.93. The van der Waals surface area contributed by atoms with Gasteiger partial charge in [0.2, 0.25) is 0 Å². The molecular formula is C15H25NO2. The Morgan fingerprint density at radius 1 is 1.50 bits per heavy atom. The van der Waals surface area contributed by atoms with Gasteiger partial charge in [-0.3, -0.25) is 0 Å². The van der Waals surface area contributed by atoms with E-state index in [0.29, 0.717) is 17.6 Å². The third-order valence-corrected chi connectivity index (χ3v) is 4.25. The summed E-state index contributed by atoms with van der Waals surface area (Å²) in [6, 6.07) is 0. The fourth-order valence-corrected chi connectivity index (χ4v) is 3.46. The second kappa shape index (κ2) is 5.45. The smallest absolute Gasteiger partial charge is 0.0931 e. The van der Waals surface area contributed by atoms with E-state index in [1.165, 1.54) is 0 Å². The van der Waals surface area contributed by atoms with Crippen LogP contribution in [-0.4, -0.2) is 43.9 Å². The molecule has 0 radical (unpaired) electrons. The van der Waals surface area contributed by atoms with Crippen molar-refractivity contribution in [3.8, 4) is 0 Å². The van der Waals surface area contributed by atoms with Crippen LogP contribution >= 0.6 is 0 Å². The fourth-order valence-electron chi connectivity index (χ4n) is 3.46. The zero-order valence-electron chi connectivity index (χ0n) is 11.7. The van der Waals surface area contributed by atoms with Gasteiger partial charge in [-0.15, -0.1) is 0 Å². The number of nitrogens with zero attached hydrogens (tertiary/aromatic N) is 1. The van der Waals surface area contributed by atoms with Crippen LogP contribution in [0.25, 0.3) is 0 Å². The molecule has 0 aromatic heterocycles. The van der Waals surface area contributed by atoms with E-state index in [0.717, 1.165) is 32.6 Å². The van der Waals surface area contributed by atoms with Gasteiger partial charge < -0.3 is 14.7 Å². The molecule has 1 fully saturated rings. The first-order chi connectivity index (χ1) is 8.51. The highest BCUT2D eigenvalue weighted by Gasteiger charge is 2.40. The van der Waals surface area contributed by atoms with Crippen LogP contribution in [-0.2, 0) is 4.74 Å². The van der Waals surface area contributed by atoms with Crippen LogP contribution in [0.4, 0.5) is 0 Å². The maximum Gasteiger partial charge on any atom is 0.0931 e. The molecule has 1 N–H and O–H groups in total. The molecule has 1 saturated heterocycles. The summed E-state index contributed by atoms with van der Waals surface area (Å²) in [5, 5.41) is 9.81. The molecule has 3 heteroatoms. The lowest BCUT2D eigenvalue weighted by molar-refractivity contribution is -0.0302. The second-order valence-corrected chi connectivity index (χ2v) is 6.19. The molecular weight excluding hydrogens is 226 g/mol. The molecule has 0 saturated carbocycles. The van der Waals surface area contributed by atoms with Crippen LogP contribution in [0.2, 0.25) is 0 Å². The van der Waals surface area contributed by atoms with Crippen LogP contribution in [0.5, 0.6) is 0 Å². The quantitative estimate of drug-likeness (QED) is 0.837. The highest BCUT2D eigenvalue weighted by atomic mass is 16.5. The number of hydrogen-bond acceptors (Lipinski definition) is 3. The first kappa shape index (κ1) is 13.6. The Hall–Kier alpha value is -0.800. The molecule has 1 heterocycles. The normalized spacial score (nSPS) is 36.8. The first-order valence-electron chi connectivity index (χ1n) is 6.81. The van der Waals surface area contributed by atoms with Crippen molar-refractivity contribution in [2.75, 3.05) is 33.9 Å². The molecule has 0 spiro atoms. The zero-order valence-corrected chi connectivity index (χ0v) is 11.7. The lowest BCUT2D eigenvalue weighted by Crippen LogP contribution is -2.43. The van der Waals surface area contributed by atoms with Gasteiger partial charge in [0.1, 0.15) is 0 Å². The molecule has 2 aliphatic rings. The highest BCUT2D eigenvalue weighted by Crippen LogP contribution is 2.44. The minimum absolute atomic E-state index is 0.0727. The number of aliphatic hydroxyl groups is 1. The predicted molar refractivity (Wildman–Crippen MR) is 73.5 cm³/mol. The Labute approximate surface area is 110 Å². The number of hydrogen-bond donors (Lipinski definition) is 1. The Morgan fingerprint density at radius 2 is 2.28 bits per heavy atom. The van der Waals surface area contributed by atoms with Gasteiger partial charge in [-0.1, -0.05) is 19.1 Å². The molecule has 0 bridgehead atoms. The molecule has 3 atom stereocenters. The van der Waals surface area contributed by atoms with Gasteiger partial charge in [0, 0.05) is 19.6 Å². The van der Waals surface area contributed by atoms with Crippen molar-refractivity contribution in [3.63, 3.8) is 0 Å². The molecule has 1 aliphatic carbocycles. The fraction of sp³-hybridized carbons (Fsp3) is 0.733. The summed E-state index contributed by atoms with van der Waals surface area (Å²) in [6.45, 7) is 5.02. The van der Waals surface area contributed by atoms with Crippen LogP contribution in [0.15, 0.2) is 24.0 Å². The number of aliphatic hydroxyl groups excluding tert-OH is 1. The first-order valence-corrected chi connectivity index (χ1v) is 6.81. The number of ether oxygens (including phenoxy) is 1. The summed E-state index contributed by atoms with van der Waals surface area (Å²) in [7, 11) is 4.23. The molecule has 0 amide bonds. The van der Waals surface area contributed by atoms with E-state index in [1.807, 2.05) is 12.2 Å². The predicted octanol–water partition coefficient (Wildman–Crippen LogP) is 2.61. The Kier molecular flexibility index (Phi) is 4.13. The van der Waals surface area contributed by atoms with Crippen molar-refractivity contribution < 1.29 is 9.84 Å². The van der Waals surface area contributed by atoms with E-state index in [2.05, 4.69) is 32.0 Å². The Morgan fingerprint density at radius 3 is 2.94 bits per heavy atom. The van der Waals surface area contributed by atoms with Crippen molar-refractivity contribution in [1.29, 1.82) is 0 Å². The van der Waals surface area contributed by atoms with Gasteiger partial charge in [0.05, 0.1) is 12.4 Å². The summed E-state index contributed by atoms with van der Waals surface area (Å²) < 4.78 is 5.65. The molecule has 102 valence electrons. The van der Waals surface area contributed by atoms with Gasteiger partial charge >= 0.3 is 0 Å². The molecule has 0 aromatic carbocycles. The van der Waals surface area contributed by atoms with E-state index in [1.54, 1.807) is 0 Å². The Balaban J connectivity index is 2.13. The minimum Gasteiger partial charge on any atom is -0.512 e. The van der Waals surface area contributed by atoms with E-state index < -0.39 is 0 Å². The van der Waals surface area contributed by atoms with Crippen LogP contribution < -0.4 is 0 Å². The summed E-state index contributed by atoms with van der Waals surface area (Å²) >= 11 is 0. The van der Waals surface area contributed by atoms with Crippen molar-refractivity contribution in [3.05, 3.63) is 24.0 Å². The summed E-state index contributed by atoms with van der Waals surface area (Å²) in [5.74, 6) is 1.64.